The van der Waals surface area contributed by atoms with E-state index in [9.17, 15) is 13.6 Å². The number of fused-ring (bicyclic) bond motifs is 1. The number of benzene rings is 1. The highest BCUT2D eigenvalue weighted by atomic mass is 19.1. The van der Waals surface area contributed by atoms with Crippen molar-refractivity contribution in [2.45, 2.75) is 39.3 Å². The number of hydrogen-bond acceptors (Lipinski definition) is 4. The molecule has 1 N–H and O–H groups in total. The van der Waals surface area contributed by atoms with Crippen molar-refractivity contribution in [2.75, 3.05) is 6.54 Å². The molecule has 0 unspecified atom stereocenters. The lowest BCUT2D eigenvalue weighted by Gasteiger charge is -2.28. The van der Waals surface area contributed by atoms with Gasteiger partial charge in [0, 0.05) is 37.2 Å². The first-order valence-corrected chi connectivity index (χ1v) is 8.23. The predicted octanol–water partition coefficient (Wildman–Crippen LogP) is 2.43. The molecule has 2 heterocycles. The second-order valence-electron chi connectivity index (χ2n) is 6.18. The van der Waals surface area contributed by atoms with Gasteiger partial charge in [-0.1, -0.05) is 6.92 Å². The van der Waals surface area contributed by atoms with Gasteiger partial charge in [-0.3, -0.25) is 9.69 Å². The Morgan fingerprint density at radius 1 is 1.36 bits per heavy atom. The average Bonchev–Trinajstić information content (AvgIpc) is 2.58. The highest BCUT2D eigenvalue weighted by Gasteiger charge is 2.23. The van der Waals surface area contributed by atoms with Gasteiger partial charge >= 0.3 is 0 Å². The van der Waals surface area contributed by atoms with Crippen molar-refractivity contribution >= 4 is 0 Å². The molecule has 0 fully saturated rings. The number of hydrogen-bond donors (Lipinski definition) is 1. The summed E-state index contributed by atoms with van der Waals surface area (Å²) in [5.41, 5.74) is 1.09. The fourth-order valence-electron chi connectivity index (χ4n) is 3.08. The Kier molecular flexibility index (Phi) is 4.91. The minimum atomic E-state index is -0.729. The number of aryl methyl sites for hydroxylation is 1. The van der Waals surface area contributed by atoms with Crippen molar-refractivity contribution in [3.8, 4) is 6.07 Å². The van der Waals surface area contributed by atoms with Crippen molar-refractivity contribution in [1.29, 1.82) is 5.26 Å². The summed E-state index contributed by atoms with van der Waals surface area (Å²) in [7, 11) is 0. The van der Waals surface area contributed by atoms with Crippen LogP contribution in [-0.2, 0) is 25.9 Å². The third-order valence-corrected chi connectivity index (χ3v) is 4.34. The molecule has 1 aromatic carbocycles. The van der Waals surface area contributed by atoms with Crippen molar-refractivity contribution < 1.29 is 8.78 Å². The molecule has 5 nitrogen and oxygen atoms in total. The number of aromatic amines is 1. The van der Waals surface area contributed by atoms with Gasteiger partial charge in [0.15, 0.2) is 0 Å². The summed E-state index contributed by atoms with van der Waals surface area (Å²) in [6, 6.07) is 3.82. The monoisotopic (exact) mass is 344 g/mol. The molecule has 0 bridgehead atoms. The Morgan fingerprint density at radius 2 is 2.08 bits per heavy atom. The van der Waals surface area contributed by atoms with E-state index in [2.05, 4.69) is 9.97 Å². The van der Waals surface area contributed by atoms with Crippen molar-refractivity contribution in [3.05, 3.63) is 62.3 Å². The topological polar surface area (TPSA) is 72.8 Å². The molecule has 0 saturated carbocycles. The predicted molar refractivity (Wildman–Crippen MR) is 87.7 cm³/mol. The number of nitrogens with one attached hydrogen (secondary N) is 1. The average molecular weight is 344 g/mol. The summed E-state index contributed by atoms with van der Waals surface area (Å²) in [4.78, 5) is 21.3. The van der Waals surface area contributed by atoms with E-state index in [0.29, 0.717) is 43.0 Å². The van der Waals surface area contributed by atoms with E-state index in [4.69, 9.17) is 5.26 Å². The van der Waals surface area contributed by atoms with Crippen LogP contribution in [0, 0.1) is 23.0 Å². The lowest BCUT2D eigenvalue weighted by molar-refractivity contribution is 0.233. The second-order valence-corrected chi connectivity index (χ2v) is 6.18. The fraction of sp³-hybridized carbons (Fsp3) is 0.389. The van der Waals surface area contributed by atoms with Gasteiger partial charge in [0.25, 0.3) is 5.56 Å². The number of H-pyrrole nitrogens is 1. The highest BCUT2D eigenvalue weighted by molar-refractivity contribution is 5.34. The molecule has 2 aromatic rings. The number of rotatable bonds is 4. The lowest BCUT2D eigenvalue weighted by atomic mass is 10.0. The first-order valence-electron chi connectivity index (χ1n) is 8.23. The van der Waals surface area contributed by atoms with E-state index in [0.717, 1.165) is 18.6 Å². The van der Waals surface area contributed by atoms with Gasteiger partial charge in [-0.25, -0.2) is 13.8 Å². The van der Waals surface area contributed by atoms with Crippen LogP contribution in [0.15, 0.2) is 16.9 Å². The third-order valence-electron chi connectivity index (χ3n) is 4.34. The molecule has 25 heavy (non-hydrogen) atoms. The number of nitriles is 1. The van der Waals surface area contributed by atoms with E-state index in [-0.39, 0.29) is 23.2 Å². The molecule has 3 rings (SSSR count). The van der Waals surface area contributed by atoms with Crippen LogP contribution in [0.5, 0.6) is 0 Å². The smallest absolute Gasteiger partial charge is 0.254 e. The minimum Gasteiger partial charge on any atom is -0.310 e. The molecule has 0 aliphatic carbocycles. The molecule has 0 atom stereocenters. The Bertz CT molecular complexity index is 878. The zero-order valence-corrected chi connectivity index (χ0v) is 13.9. The van der Waals surface area contributed by atoms with Gasteiger partial charge in [0.2, 0.25) is 0 Å². The third kappa shape index (κ3) is 3.59. The summed E-state index contributed by atoms with van der Waals surface area (Å²) in [5.74, 6) is -0.815. The first kappa shape index (κ1) is 17.2. The van der Waals surface area contributed by atoms with Crippen LogP contribution in [0.4, 0.5) is 8.78 Å². The fourth-order valence-corrected chi connectivity index (χ4v) is 3.08. The van der Waals surface area contributed by atoms with Crippen LogP contribution >= 0.6 is 0 Å². The van der Waals surface area contributed by atoms with E-state index in [1.54, 1.807) is 6.07 Å². The quantitative estimate of drug-likeness (QED) is 0.925. The molecule has 1 aromatic heterocycles. The van der Waals surface area contributed by atoms with Gasteiger partial charge in [-0.2, -0.15) is 5.26 Å². The van der Waals surface area contributed by atoms with Crippen molar-refractivity contribution in [1.82, 2.24) is 14.9 Å². The summed E-state index contributed by atoms with van der Waals surface area (Å²) >= 11 is 0. The Morgan fingerprint density at radius 3 is 2.72 bits per heavy atom. The molecule has 0 amide bonds. The Balaban J connectivity index is 1.84. The van der Waals surface area contributed by atoms with E-state index in [1.165, 1.54) is 0 Å². The van der Waals surface area contributed by atoms with Crippen LogP contribution in [0.25, 0.3) is 0 Å². The molecule has 0 saturated heterocycles. The summed E-state index contributed by atoms with van der Waals surface area (Å²) in [5, 5.41) is 8.77. The second kappa shape index (κ2) is 7.11. The number of halogens is 2. The number of aromatic nitrogens is 2. The van der Waals surface area contributed by atoms with Crippen LogP contribution < -0.4 is 5.56 Å². The highest BCUT2D eigenvalue weighted by Crippen LogP contribution is 2.21. The van der Waals surface area contributed by atoms with Crippen LogP contribution in [0.2, 0.25) is 0 Å². The van der Waals surface area contributed by atoms with Gasteiger partial charge < -0.3 is 4.98 Å². The van der Waals surface area contributed by atoms with E-state index in [1.807, 2.05) is 11.8 Å². The van der Waals surface area contributed by atoms with Gasteiger partial charge in [-0.05, 0) is 25.0 Å². The maximum atomic E-state index is 14.1. The summed E-state index contributed by atoms with van der Waals surface area (Å²) in [6.45, 7) is 2.96. The van der Waals surface area contributed by atoms with E-state index >= 15 is 0 Å². The van der Waals surface area contributed by atoms with Crippen LogP contribution in [0.3, 0.4) is 0 Å². The first-order chi connectivity index (χ1) is 12.0. The lowest BCUT2D eigenvalue weighted by Crippen LogP contribution is -2.35. The van der Waals surface area contributed by atoms with Gasteiger partial charge in [-0.15, -0.1) is 0 Å². The van der Waals surface area contributed by atoms with E-state index < -0.39 is 11.6 Å². The SMILES string of the molecule is CCCc1nc2c(c(=O)[nH]1)CCN(Cc1c(F)cc(C#N)cc1F)C2. The Labute approximate surface area is 143 Å². The number of nitrogens with zero attached hydrogens (tertiary/aromatic N) is 3. The maximum Gasteiger partial charge on any atom is 0.254 e. The molecule has 1 aliphatic rings. The molecule has 7 heteroatoms. The van der Waals surface area contributed by atoms with Gasteiger partial charge in [0.1, 0.15) is 17.5 Å². The van der Waals surface area contributed by atoms with Crippen LogP contribution in [-0.4, -0.2) is 21.4 Å². The molecular weight excluding hydrogens is 326 g/mol. The maximum absolute atomic E-state index is 14.1. The molecule has 0 radical (unpaired) electrons. The molecule has 130 valence electrons. The van der Waals surface area contributed by atoms with Crippen molar-refractivity contribution in [2.24, 2.45) is 0 Å². The molecule has 0 spiro atoms. The standard InChI is InChI=1S/C18H18F2N4O/c1-2-3-17-22-16-10-24(5-4-12(16)18(25)23-17)9-13-14(19)6-11(8-21)7-15(13)20/h6-7H,2-5,9-10H2,1H3,(H,22,23,25). The summed E-state index contributed by atoms with van der Waals surface area (Å²) in [6.07, 6.45) is 2.04. The largest absolute Gasteiger partial charge is 0.310 e. The Hall–Kier alpha value is -2.59. The van der Waals surface area contributed by atoms with Gasteiger partial charge in [0.05, 0.1) is 17.3 Å². The van der Waals surface area contributed by atoms with Crippen LogP contribution in [0.1, 0.15) is 41.6 Å². The minimum absolute atomic E-state index is 0.0415. The molecular formula is C18H18F2N4O. The summed E-state index contributed by atoms with van der Waals surface area (Å²) < 4.78 is 28.2. The molecule has 1 aliphatic heterocycles. The zero-order chi connectivity index (χ0) is 18.0. The van der Waals surface area contributed by atoms with Crippen molar-refractivity contribution in [3.63, 3.8) is 0 Å². The normalized spacial score (nSPS) is 14.2. The zero-order valence-electron chi connectivity index (χ0n) is 13.9.